The van der Waals surface area contributed by atoms with Crippen LogP contribution in [0.4, 0.5) is 13.2 Å². The Hall–Kier alpha value is -2.49. The van der Waals surface area contributed by atoms with Crippen molar-refractivity contribution in [3.05, 3.63) is 66.7 Å². The number of halogens is 3. The van der Waals surface area contributed by atoms with E-state index in [0.29, 0.717) is 11.1 Å². The quantitative estimate of drug-likeness (QED) is 0.613. The lowest BCUT2D eigenvalue weighted by molar-refractivity contribution is -0.274. The maximum Gasteiger partial charge on any atom is 0.573 e. The third kappa shape index (κ3) is 2.84. The average Bonchev–Trinajstić information content (AvgIpc) is 2.46. The fraction of sp³-hybridized carbons (Fsp3) is 0.0588. The summed E-state index contributed by atoms with van der Waals surface area (Å²) < 4.78 is 41.7. The standard InChI is InChI=1S/C17H11F3O/c18-17(19,20)21-16-11-4-3-9-15(16)14-10-5-7-12-6-1-2-8-13(12)14/h1-11H. The van der Waals surface area contributed by atoms with Crippen molar-refractivity contribution in [2.75, 3.05) is 0 Å². The van der Waals surface area contributed by atoms with E-state index < -0.39 is 6.36 Å². The lowest BCUT2D eigenvalue weighted by Crippen LogP contribution is -2.17. The first-order valence-electron chi connectivity index (χ1n) is 6.37. The Morgan fingerprint density at radius 2 is 1.29 bits per heavy atom. The topological polar surface area (TPSA) is 9.23 Å². The second-order valence-electron chi connectivity index (χ2n) is 4.57. The normalized spacial score (nSPS) is 11.6. The zero-order valence-corrected chi connectivity index (χ0v) is 10.9. The van der Waals surface area contributed by atoms with Crippen LogP contribution in [0.25, 0.3) is 21.9 Å². The lowest BCUT2D eigenvalue weighted by Gasteiger charge is -2.14. The van der Waals surface area contributed by atoms with Gasteiger partial charge in [-0.05, 0) is 22.4 Å². The van der Waals surface area contributed by atoms with Crippen molar-refractivity contribution in [3.8, 4) is 16.9 Å². The first-order valence-corrected chi connectivity index (χ1v) is 6.37. The third-order valence-corrected chi connectivity index (χ3v) is 3.19. The van der Waals surface area contributed by atoms with Crippen LogP contribution in [-0.2, 0) is 0 Å². The molecule has 0 amide bonds. The smallest absolute Gasteiger partial charge is 0.405 e. The molecule has 1 nitrogen and oxygen atoms in total. The van der Waals surface area contributed by atoms with Gasteiger partial charge in [0, 0.05) is 5.56 Å². The van der Waals surface area contributed by atoms with Gasteiger partial charge in [-0.3, -0.25) is 0 Å². The zero-order chi connectivity index (χ0) is 14.9. The molecular weight excluding hydrogens is 277 g/mol. The van der Waals surface area contributed by atoms with Crippen LogP contribution in [0.2, 0.25) is 0 Å². The predicted octanol–water partition coefficient (Wildman–Crippen LogP) is 5.41. The Balaban J connectivity index is 2.20. The highest BCUT2D eigenvalue weighted by Gasteiger charge is 2.32. The van der Waals surface area contributed by atoms with Gasteiger partial charge < -0.3 is 4.74 Å². The van der Waals surface area contributed by atoms with Gasteiger partial charge in [0.15, 0.2) is 0 Å². The van der Waals surface area contributed by atoms with Crippen LogP contribution in [0.1, 0.15) is 0 Å². The summed E-state index contributed by atoms with van der Waals surface area (Å²) in [7, 11) is 0. The van der Waals surface area contributed by atoms with Crippen LogP contribution in [0.3, 0.4) is 0 Å². The minimum Gasteiger partial charge on any atom is -0.405 e. The lowest BCUT2D eigenvalue weighted by atomic mass is 9.98. The van der Waals surface area contributed by atoms with Crippen LogP contribution < -0.4 is 4.74 Å². The number of hydrogen-bond donors (Lipinski definition) is 0. The van der Waals surface area contributed by atoms with Gasteiger partial charge in [-0.25, -0.2) is 0 Å². The SMILES string of the molecule is FC(F)(F)Oc1ccccc1-c1cccc2ccccc12. The Morgan fingerprint density at radius 3 is 2.10 bits per heavy atom. The van der Waals surface area contributed by atoms with Gasteiger partial charge in [-0.15, -0.1) is 13.2 Å². The fourth-order valence-electron chi connectivity index (χ4n) is 2.36. The molecular formula is C17H11F3O. The van der Waals surface area contributed by atoms with Crippen LogP contribution >= 0.6 is 0 Å². The second kappa shape index (κ2) is 5.13. The van der Waals surface area contributed by atoms with E-state index in [4.69, 9.17) is 0 Å². The van der Waals surface area contributed by atoms with E-state index in [0.717, 1.165) is 10.8 Å². The summed E-state index contributed by atoms with van der Waals surface area (Å²) in [4.78, 5) is 0. The van der Waals surface area contributed by atoms with Gasteiger partial charge in [-0.2, -0.15) is 0 Å². The Kier molecular flexibility index (Phi) is 3.29. The number of hydrogen-bond acceptors (Lipinski definition) is 1. The van der Waals surface area contributed by atoms with E-state index in [-0.39, 0.29) is 5.75 Å². The summed E-state index contributed by atoms with van der Waals surface area (Å²) in [5, 5.41) is 1.86. The molecule has 0 fully saturated rings. The molecule has 0 N–H and O–H groups in total. The number of benzene rings is 3. The summed E-state index contributed by atoms with van der Waals surface area (Å²) in [6.45, 7) is 0. The van der Waals surface area contributed by atoms with Crippen molar-refractivity contribution in [1.82, 2.24) is 0 Å². The molecule has 0 atom stereocenters. The van der Waals surface area contributed by atoms with Crippen LogP contribution in [0.5, 0.6) is 5.75 Å². The molecule has 0 unspecified atom stereocenters. The van der Waals surface area contributed by atoms with Crippen molar-refractivity contribution in [3.63, 3.8) is 0 Å². The minimum atomic E-state index is -4.71. The molecule has 4 heteroatoms. The zero-order valence-electron chi connectivity index (χ0n) is 10.9. The molecule has 0 heterocycles. The number of ether oxygens (including phenoxy) is 1. The molecule has 0 aliphatic heterocycles. The molecule has 0 saturated heterocycles. The minimum absolute atomic E-state index is 0.193. The molecule has 0 saturated carbocycles. The summed E-state index contributed by atoms with van der Waals surface area (Å²) in [5.74, 6) is -0.193. The molecule has 3 rings (SSSR count). The summed E-state index contributed by atoms with van der Waals surface area (Å²) in [6, 6.07) is 19.3. The molecule has 0 bridgehead atoms. The van der Waals surface area contributed by atoms with Gasteiger partial charge >= 0.3 is 6.36 Å². The van der Waals surface area contributed by atoms with Gasteiger partial charge in [-0.1, -0.05) is 60.7 Å². The number of para-hydroxylation sites is 1. The Morgan fingerprint density at radius 1 is 0.667 bits per heavy atom. The van der Waals surface area contributed by atoms with Crippen LogP contribution in [0, 0.1) is 0 Å². The van der Waals surface area contributed by atoms with Gasteiger partial charge in [0.25, 0.3) is 0 Å². The van der Waals surface area contributed by atoms with Crippen molar-refractivity contribution in [2.24, 2.45) is 0 Å². The van der Waals surface area contributed by atoms with Crippen LogP contribution in [-0.4, -0.2) is 6.36 Å². The average molecular weight is 288 g/mol. The van der Waals surface area contributed by atoms with E-state index in [1.807, 2.05) is 36.4 Å². The third-order valence-electron chi connectivity index (χ3n) is 3.19. The summed E-state index contributed by atoms with van der Waals surface area (Å²) >= 11 is 0. The highest BCUT2D eigenvalue weighted by molar-refractivity contribution is 5.97. The van der Waals surface area contributed by atoms with Gasteiger partial charge in [0.1, 0.15) is 5.75 Å². The Labute approximate surface area is 119 Å². The molecule has 106 valence electrons. The molecule has 3 aromatic carbocycles. The highest BCUT2D eigenvalue weighted by Crippen LogP contribution is 2.37. The maximum absolute atomic E-state index is 12.5. The van der Waals surface area contributed by atoms with E-state index in [2.05, 4.69) is 4.74 Å². The predicted molar refractivity (Wildman–Crippen MR) is 76.1 cm³/mol. The number of rotatable bonds is 2. The van der Waals surface area contributed by atoms with E-state index in [1.54, 1.807) is 18.2 Å². The van der Waals surface area contributed by atoms with Crippen molar-refractivity contribution >= 4 is 10.8 Å². The number of fused-ring (bicyclic) bond motifs is 1. The molecule has 3 aromatic rings. The van der Waals surface area contributed by atoms with Crippen molar-refractivity contribution in [2.45, 2.75) is 6.36 Å². The fourth-order valence-corrected chi connectivity index (χ4v) is 2.36. The molecule has 21 heavy (non-hydrogen) atoms. The van der Waals surface area contributed by atoms with Crippen molar-refractivity contribution < 1.29 is 17.9 Å². The van der Waals surface area contributed by atoms with Gasteiger partial charge in [0.05, 0.1) is 0 Å². The maximum atomic E-state index is 12.5. The van der Waals surface area contributed by atoms with Gasteiger partial charge in [0.2, 0.25) is 0 Å². The first-order chi connectivity index (χ1) is 10.0. The molecule has 0 aliphatic rings. The number of alkyl halides is 3. The highest BCUT2D eigenvalue weighted by atomic mass is 19.4. The summed E-state index contributed by atoms with van der Waals surface area (Å²) in [6.07, 6.45) is -4.71. The molecule has 0 spiro atoms. The van der Waals surface area contributed by atoms with Crippen molar-refractivity contribution in [1.29, 1.82) is 0 Å². The second-order valence-corrected chi connectivity index (χ2v) is 4.57. The first kappa shape index (κ1) is 13.5. The van der Waals surface area contributed by atoms with E-state index in [1.165, 1.54) is 12.1 Å². The summed E-state index contributed by atoms with van der Waals surface area (Å²) in [5.41, 5.74) is 1.14. The molecule has 0 aliphatic carbocycles. The van der Waals surface area contributed by atoms with E-state index in [9.17, 15) is 13.2 Å². The largest absolute Gasteiger partial charge is 0.573 e. The molecule has 0 radical (unpaired) electrons. The van der Waals surface area contributed by atoms with E-state index >= 15 is 0 Å². The monoisotopic (exact) mass is 288 g/mol. The van der Waals surface area contributed by atoms with Crippen LogP contribution in [0.15, 0.2) is 66.7 Å². The molecule has 0 aromatic heterocycles. The Bertz CT molecular complexity index is 773.